The highest BCUT2D eigenvalue weighted by Gasteiger charge is 2.24. The van der Waals surface area contributed by atoms with Gasteiger partial charge in [0.05, 0.1) is 33.3 Å². The number of quaternary nitrogens is 1. The van der Waals surface area contributed by atoms with Crippen molar-refractivity contribution in [3.8, 4) is 5.75 Å². The van der Waals surface area contributed by atoms with Crippen LogP contribution < -0.4 is 14.5 Å². The van der Waals surface area contributed by atoms with E-state index in [1.165, 1.54) is 10.6 Å². The second-order valence-electron chi connectivity index (χ2n) is 7.00. The molecule has 0 bridgehead atoms. The van der Waals surface area contributed by atoms with Gasteiger partial charge in [-0.15, -0.1) is 0 Å². The van der Waals surface area contributed by atoms with Gasteiger partial charge in [0.1, 0.15) is 5.75 Å². The van der Waals surface area contributed by atoms with Crippen LogP contribution >= 0.6 is 11.6 Å². The second-order valence-corrected chi connectivity index (χ2v) is 7.43. The molecule has 3 rings (SSSR count). The molecule has 0 radical (unpaired) electrons. The SMILES string of the molecule is COc1cccc(N2CC[NH+](CC(=O)N(C)Cc3cccc(Cl)c3)CC2)c1. The molecule has 0 unspecified atom stereocenters. The molecule has 1 amide bonds. The minimum absolute atomic E-state index is 0.166. The van der Waals surface area contributed by atoms with Crippen LogP contribution in [0.3, 0.4) is 0 Å². The number of nitrogens with one attached hydrogen (secondary N) is 1. The number of methoxy groups -OCH3 is 1. The van der Waals surface area contributed by atoms with Crippen LogP contribution in [0.25, 0.3) is 0 Å². The zero-order valence-corrected chi connectivity index (χ0v) is 16.7. The molecule has 6 heteroatoms. The fourth-order valence-electron chi connectivity index (χ4n) is 3.41. The molecule has 0 aliphatic carbocycles. The number of hydrogen-bond donors (Lipinski definition) is 1. The van der Waals surface area contributed by atoms with Gasteiger partial charge in [0.15, 0.2) is 6.54 Å². The van der Waals surface area contributed by atoms with Crippen LogP contribution in [0, 0.1) is 0 Å². The van der Waals surface area contributed by atoms with Crippen molar-refractivity contribution in [2.45, 2.75) is 6.54 Å². The molecular weight excluding hydrogens is 362 g/mol. The number of anilines is 1. The summed E-state index contributed by atoms with van der Waals surface area (Å²) in [6.07, 6.45) is 0. The average molecular weight is 389 g/mol. The third kappa shape index (κ3) is 5.37. The fourth-order valence-corrected chi connectivity index (χ4v) is 3.62. The molecular formula is C21H27ClN3O2+. The largest absolute Gasteiger partial charge is 0.497 e. The summed E-state index contributed by atoms with van der Waals surface area (Å²) in [6.45, 7) is 4.90. The van der Waals surface area contributed by atoms with Gasteiger partial charge in [0.2, 0.25) is 0 Å². The lowest BCUT2D eigenvalue weighted by atomic mass is 10.2. The Morgan fingerprint density at radius 3 is 2.63 bits per heavy atom. The van der Waals surface area contributed by atoms with Gasteiger partial charge in [-0.3, -0.25) is 4.79 Å². The van der Waals surface area contributed by atoms with Gasteiger partial charge >= 0.3 is 0 Å². The van der Waals surface area contributed by atoms with E-state index in [2.05, 4.69) is 17.0 Å². The maximum atomic E-state index is 12.6. The Bertz CT molecular complexity index is 776. The van der Waals surface area contributed by atoms with E-state index in [9.17, 15) is 4.79 Å². The molecule has 1 heterocycles. The van der Waals surface area contributed by atoms with Gasteiger partial charge in [-0.25, -0.2) is 0 Å². The smallest absolute Gasteiger partial charge is 0.277 e. The number of benzene rings is 2. The van der Waals surface area contributed by atoms with Gasteiger partial charge < -0.3 is 19.4 Å². The first-order valence-corrected chi connectivity index (χ1v) is 9.64. The summed E-state index contributed by atoms with van der Waals surface area (Å²) in [6, 6.07) is 15.8. The monoisotopic (exact) mass is 388 g/mol. The minimum Gasteiger partial charge on any atom is -0.497 e. The molecule has 2 aromatic rings. The van der Waals surface area contributed by atoms with Gasteiger partial charge in [0, 0.05) is 30.4 Å². The number of nitrogens with zero attached hydrogens (tertiary/aromatic N) is 2. The number of hydrogen-bond acceptors (Lipinski definition) is 3. The average Bonchev–Trinajstić information content (AvgIpc) is 2.68. The molecule has 5 nitrogen and oxygen atoms in total. The highest BCUT2D eigenvalue weighted by molar-refractivity contribution is 6.30. The number of carbonyl (C=O) groups is 1. The van der Waals surface area contributed by atoms with Crippen LogP contribution in [0.15, 0.2) is 48.5 Å². The first-order chi connectivity index (χ1) is 13.0. The predicted octanol–water partition coefficient (Wildman–Crippen LogP) is 1.71. The highest BCUT2D eigenvalue weighted by atomic mass is 35.5. The summed E-state index contributed by atoms with van der Waals surface area (Å²) in [5.74, 6) is 1.04. The third-order valence-electron chi connectivity index (χ3n) is 5.02. The van der Waals surface area contributed by atoms with E-state index in [0.29, 0.717) is 18.1 Å². The number of likely N-dealkylation sites (N-methyl/N-ethyl adjacent to an activating group) is 1. The Kier molecular flexibility index (Phi) is 6.58. The molecule has 0 atom stereocenters. The van der Waals surface area contributed by atoms with E-state index in [-0.39, 0.29) is 5.91 Å². The van der Waals surface area contributed by atoms with Crippen molar-refractivity contribution in [2.24, 2.45) is 0 Å². The van der Waals surface area contributed by atoms with Crippen molar-refractivity contribution >= 4 is 23.2 Å². The summed E-state index contributed by atoms with van der Waals surface area (Å²) < 4.78 is 5.31. The van der Waals surface area contributed by atoms with Crippen LogP contribution in [0.5, 0.6) is 5.75 Å². The molecule has 144 valence electrons. The number of piperazine rings is 1. The zero-order valence-electron chi connectivity index (χ0n) is 16.0. The van der Waals surface area contributed by atoms with Crippen molar-refractivity contribution in [2.75, 3.05) is 51.8 Å². The quantitative estimate of drug-likeness (QED) is 0.818. The Morgan fingerprint density at radius 2 is 1.93 bits per heavy atom. The van der Waals surface area contributed by atoms with Crippen LogP contribution in [-0.4, -0.2) is 57.7 Å². The van der Waals surface area contributed by atoms with E-state index < -0.39 is 0 Å². The summed E-state index contributed by atoms with van der Waals surface area (Å²) >= 11 is 6.03. The topological polar surface area (TPSA) is 37.2 Å². The summed E-state index contributed by atoms with van der Waals surface area (Å²) in [7, 11) is 3.54. The third-order valence-corrected chi connectivity index (χ3v) is 5.26. The van der Waals surface area contributed by atoms with Gasteiger partial charge in [0.25, 0.3) is 5.91 Å². The number of ether oxygens (including phenoxy) is 1. The lowest BCUT2D eigenvalue weighted by molar-refractivity contribution is -0.892. The van der Waals surface area contributed by atoms with E-state index in [1.807, 2.05) is 43.4 Å². The Hall–Kier alpha value is -2.24. The Morgan fingerprint density at radius 1 is 1.19 bits per heavy atom. The lowest BCUT2D eigenvalue weighted by Gasteiger charge is -2.34. The van der Waals surface area contributed by atoms with E-state index >= 15 is 0 Å². The molecule has 1 aliphatic rings. The number of amides is 1. The molecule has 1 N–H and O–H groups in total. The minimum atomic E-state index is 0.166. The Balaban J connectivity index is 1.48. The van der Waals surface area contributed by atoms with Crippen LogP contribution in [0.1, 0.15) is 5.56 Å². The van der Waals surface area contributed by atoms with Gasteiger partial charge in [-0.1, -0.05) is 29.8 Å². The summed E-state index contributed by atoms with van der Waals surface area (Å²) in [5, 5.41) is 0.702. The molecule has 0 aromatic heterocycles. The number of halogens is 1. The molecule has 0 spiro atoms. The second kappa shape index (κ2) is 9.11. The fraction of sp³-hybridized carbons (Fsp3) is 0.381. The number of rotatable bonds is 6. The summed E-state index contributed by atoms with van der Waals surface area (Å²) in [5.41, 5.74) is 2.23. The molecule has 1 fully saturated rings. The first kappa shape index (κ1) is 19.5. The van der Waals surface area contributed by atoms with Crippen molar-refractivity contribution in [1.82, 2.24) is 4.90 Å². The first-order valence-electron chi connectivity index (χ1n) is 9.26. The van der Waals surface area contributed by atoms with Gasteiger partial charge in [-0.2, -0.15) is 0 Å². The molecule has 1 aliphatic heterocycles. The van der Waals surface area contributed by atoms with Crippen LogP contribution in [0.4, 0.5) is 5.69 Å². The van der Waals surface area contributed by atoms with Crippen LogP contribution in [-0.2, 0) is 11.3 Å². The van der Waals surface area contributed by atoms with Crippen molar-refractivity contribution in [3.63, 3.8) is 0 Å². The molecule has 0 saturated carbocycles. The predicted molar refractivity (Wildman–Crippen MR) is 109 cm³/mol. The molecule has 27 heavy (non-hydrogen) atoms. The van der Waals surface area contributed by atoms with Gasteiger partial charge in [-0.05, 0) is 29.8 Å². The summed E-state index contributed by atoms with van der Waals surface area (Å²) in [4.78, 5) is 18.0. The van der Waals surface area contributed by atoms with E-state index in [1.54, 1.807) is 12.0 Å². The Labute approximate surface area is 166 Å². The number of carbonyl (C=O) groups excluding carboxylic acids is 1. The van der Waals surface area contributed by atoms with Crippen LogP contribution in [0.2, 0.25) is 5.02 Å². The highest BCUT2D eigenvalue weighted by Crippen LogP contribution is 2.20. The molecule has 1 saturated heterocycles. The van der Waals surface area contributed by atoms with Crippen molar-refractivity contribution in [3.05, 3.63) is 59.1 Å². The van der Waals surface area contributed by atoms with E-state index in [4.69, 9.17) is 16.3 Å². The van der Waals surface area contributed by atoms with Crippen molar-refractivity contribution in [1.29, 1.82) is 0 Å². The molecule has 2 aromatic carbocycles. The standard InChI is InChI=1S/C21H26ClN3O2/c1-23(15-17-5-3-6-18(22)13-17)21(26)16-24-9-11-25(12-10-24)19-7-4-8-20(14-19)27-2/h3-8,13-14H,9-12,15-16H2,1-2H3/p+1. The zero-order chi connectivity index (χ0) is 19.2. The van der Waals surface area contributed by atoms with Crippen molar-refractivity contribution < 1.29 is 14.4 Å². The normalized spacial score (nSPS) is 14.9. The van der Waals surface area contributed by atoms with E-state index in [0.717, 1.165) is 37.5 Å². The maximum absolute atomic E-state index is 12.6. The maximum Gasteiger partial charge on any atom is 0.277 e. The lowest BCUT2D eigenvalue weighted by Crippen LogP contribution is -3.15.